The number of hydrogen-bond acceptors (Lipinski definition) is 5. The molecule has 2 heterocycles. The van der Waals surface area contributed by atoms with Gasteiger partial charge < -0.3 is 5.32 Å². The molecule has 20 heavy (non-hydrogen) atoms. The number of aryl methyl sites for hydroxylation is 1. The van der Waals surface area contributed by atoms with Gasteiger partial charge in [-0.3, -0.25) is 0 Å². The Morgan fingerprint density at radius 2 is 2.10 bits per heavy atom. The van der Waals surface area contributed by atoms with Crippen LogP contribution in [0.1, 0.15) is 4.88 Å². The van der Waals surface area contributed by atoms with Crippen LogP contribution in [0, 0.1) is 6.92 Å². The van der Waals surface area contributed by atoms with Crippen molar-refractivity contribution in [2.75, 3.05) is 12.4 Å². The number of aromatic nitrogens is 2. The molecule has 0 aliphatic heterocycles. The number of benzene rings is 1. The van der Waals surface area contributed by atoms with Crippen molar-refractivity contribution in [1.82, 2.24) is 9.97 Å². The lowest BCUT2D eigenvalue weighted by atomic mass is 10.4. The van der Waals surface area contributed by atoms with Gasteiger partial charge in [-0.25, -0.2) is 9.97 Å². The fraction of sp³-hybridized carbons (Fsp3) is 0.143. The minimum Gasteiger partial charge on any atom is -0.357 e. The smallest absolute Gasteiger partial charge is 0.224 e. The zero-order chi connectivity index (χ0) is 14.1. The minimum atomic E-state index is 0.642. The van der Waals surface area contributed by atoms with E-state index in [1.165, 1.54) is 4.88 Å². The molecule has 0 aliphatic rings. The summed E-state index contributed by atoms with van der Waals surface area (Å²) >= 11 is 9.32. The van der Waals surface area contributed by atoms with E-state index in [-0.39, 0.29) is 0 Å². The van der Waals surface area contributed by atoms with Crippen LogP contribution in [0.15, 0.2) is 40.3 Å². The molecule has 0 amide bonds. The summed E-state index contributed by atoms with van der Waals surface area (Å²) in [4.78, 5) is 12.4. The van der Waals surface area contributed by atoms with E-state index in [4.69, 9.17) is 11.6 Å². The van der Waals surface area contributed by atoms with E-state index in [0.29, 0.717) is 5.95 Å². The predicted molar refractivity (Wildman–Crippen MR) is 87.3 cm³/mol. The molecule has 0 saturated carbocycles. The van der Waals surface area contributed by atoms with Gasteiger partial charge in [-0.2, -0.15) is 0 Å². The van der Waals surface area contributed by atoms with Crippen molar-refractivity contribution in [3.8, 4) is 0 Å². The highest BCUT2D eigenvalue weighted by Crippen LogP contribution is 2.36. The van der Waals surface area contributed by atoms with Crippen molar-refractivity contribution in [1.29, 1.82) is 0 Å². The molecule has 0 fully saturated rings. The van der Waals surface area contributed by atoms with E-state index in [9.17, 15) is 0 Å². The van der Waals surface area contributed by atoms with Gasteiger partial charge in [0.15, 0.2) is 0 Å². The summed E-state index contributed by atoms with van der Waals surface area (Å²) in [7, 11) is 1.83. The van der Waals surface area contributed by atoms with Crippen LogP contribution in [0.5, 0.6) is 0 Å². The van der Waals surface area contributed by atoms with Crippen LogP contribution in [-0.2, 0) is 0 Å². The number of anilines is 1. The molecule has 102 valence electrons. The van der Waals surface area contributed by atoms with Crippen LogP contribution in [0.25, 0.3) is 10.2 Å². The maximum absolute atomic E-state index is 6.04. The van der Waals surface area contributed by atoms with Crippen molar-refractivity contribution in [3.63, 3.8) is 0 Å². The molecule has 3 aromatic rings. The summed E-state index contributed by atoms with van der Waals surface area (Å²) in [5.74, 6) is 0.642. The summed E-state index contributed by atoms with van der Waals surface area (Å²) in [5.41, 5.74) is 0. The molecule has 0 atom stereocenters. The molecular weight excluding hydrogens is 310 g/mol. The summed E-state index contributed by atoms with van der Waals surface area (Å²) in [5, 5.41) is 5.79. The van der Waals surface area contributed by atoms with Gasteiger partial charge in [-0.1, -0.05) is 29.4 Å². The molecule has 0 saturated heterocycles. The first-order valence-corrected chi connectivity index (χ1v) is 8.06. The Morgan fingerprint density at radius 3 is 2.85 bits per heavy atom. The average molecular weight is 322 g/mol. The molecule has 0 unspecified atom stereocenters. The topological polar surface area (TPSA) is 37.8 Å². The molecule has 3 nitrogen and oxygen atoms in total. The van der Waals surface area contributed by atoms with Crippen molar-refractivity contribution < 1.29 is 0 Å². The molecule has 3 rings (SSSR count). The fourth-order valence-electron chi connectivity index (χ4n) is 1.85. The molecule has 6 heteroatoms. The highest BCUT2D eigenvalue weighted by atomic mass is 35.5. The van der Waals surface area contributed by atoms with Crippen LogP contribution < -0.4 is 5.32 Å². The number of halogens is 1. The number of hydrogen-bond donors (Lipinski definition) is 1. The quantitative estimate of drug-likeness (QED) is 0.700. The van der Waals surface area contributed by atoms with E-state index in [1.54, 1.807) is 23.1 Å². The number of nitrogens with zero attached hydrogens (tertiary/aromatic N) is 2. The maximum Gasteiger partial charge on any atom is 0.224 e. The van der Waals surface area contributed by atoms with Gasteiger partial charge in [0.2, 0.25) is 5.95 Å². The SMILES string of the molecule is CNc1nc(Sc2cccc(Cl)c2)c2cc(C)sc2n1. The Labute approximate surface area is 130 Å². The number of rotatable bonds is 3. The van der Waals surface area contributed by atoms with Crippen molar-refractivity contribution in [3.05, 3.63) is 40.2 Å². The van der Waals surface area contributed by atoms with E-state index in [1.807, 2.05) is 31.3 Å². The van der Waals surface area contributed by atoms with Crippen LogP contribution in [0.3, 0.4) is 0 Å². The zero-order valence-electron chi connectivity index (χ0n) is 11.0. The van der Waals surface area contributed by atoms with Crippen LogP contribution >= 0.6 is 34.7 Å². The van der Waals surface area contributed by atoms with E-state index < -0.39 is 0 Å². The molecule has 1 N–H and O–H groups in total. The van der Waals surface area contributed by atoms with Crippen LogP contribution in [0.2, 0.25) is 5.02 Å². The standard InChI is InChI=1S/C14H12ClN3S2/c1-8-6-11-12(19-8)17-14(16-2)18-13(11)20-10-5-3-4-9(15)7-10/h3-7H,1-2H3,(H,16,17,18). The van der Waals surface area contributed by atoms with Crippen LogP contribution in [0.4, 0.5) is 5.95 Å². The molecular formula is C14H12ClN3S2. The molecule has 0 bridgehead atoms. The van der Waals surface area contributed by atoms with E-state index in [0.717, 1.165) is 25.2 Å². The lowest BCUT2D eigenvalue weighted by molar-refractivity contribution is 1.10. The predicted octanol–water partition coefficient (Wildman–Crippen LogP) is 4.85. The Bertz CT molecular complexity index is 770. The van der Waals surface area contributed by atoms with Gasteiger partial charge in [-0.05, 0) is 31.2 Å². The van der Waals surface area contributed by atoms with Crippen molar-refractivity contribution in [2.45, 2.75) is 16.8 Å². The van der Waals surface area contributed by atoms with Gasteiger partial charge in [-0.15, -0.1) is 11.3 Å². The monoisotopic (exact) mass is 321 g/mol. The van der Waals surface area contributed by atoms with Gasteiger partial charge in [0.1, 0.15) is 9.86 Å². The largest absolute Gasteiger partial charge is 0.357 e. The van der Waals surface area contributed by atoms with Gasteiger partial charge in [0.25, 0.3) is 0 Å². The zero-order valence-corrected chi connectivity index (χ0v) is 13.4. The third-order valence-corrected chi connectivity index (χ3v) is 4.89. The maximum atomic E-state index is 6.04. The first kappa shape index (κ1) is 13.7. The van der Waals surface area contributed by atoms with Crippen molar-refractivity contribution in [2.24, 2.45) is 0 Å². The molecule has 2 aromatic heterocycles. The number of nitrogens with one attached hydrogen (secondary N) is 1. The first-order valence-electron chi connectivity index (χ1n) is 6.05. The Kier molecular flexibility index (Phi) is 3.83. The van der Waals surface area contributed by atoms with Crippen LogP contribution in [-0.4, -0.2) is 17.0 Å². The fourth-order valence-corrected chi connectivity index (χ4v) is 4.00. The third kappa shape index (κ3) is 2.75. The average Bonchev–Trinajstić information content (AvgIpc) is 2.79. The number of thiophene rings is 1. The Balaban J connectivity index is 2.09. The lowest BCUT2D eigenvalue weighted by Crippen LogP contribution is -1.96. The van der Waals surface area contributed by atoms with E-state index in [2.05, 4.69) is 28.3 Å². The van der Waals surface area contributed by atoms with Crippen molar-refractivity contribution >= 4 is 50.9 Å². The Morgan fingerprint density at radius 1 is 1.25 bits per heavy atom. The second-order valence-corrected chi connectivity index (χ2v) is 6.97. The highest BCUT2D eigenvalue weighted by Gasteiger charge is 2.11. The molecule has 0 aliphatic carbocycles. The second kappa shape index (κ2) is 5.60. The Hall–Kier alpha value is -1.30. The first-order chi connectivity index (χ1) is 9.65. The highest BCUT2D eigenvalue weighted by molar-refractivity contribution is 7.99. The normalized spacial score (nSPS) is 10.9. The van der Waals surface area contributed by atoms with Gasteiger partial charge in [0.05, 0.1) is 0 Å². The lowest BCUT2D eigenvalue weighted by Gasteiger charge is -2.05. The van der Waals surface area contributed by atoms with E-state index >= 15 is 0 Å². The van der Waals surface area contributed by atoms with Gasteiger partial charge in [0, 0.05) is 27.2 Å². The molecule has 0 spiro atoms. The molecule has 1 aromatic carbocycles. The molecule has 0 radical (unpaired) electrons. The third-order valence-electron chi connectivity index (χ3n) is 2.72. The minimum absolute atomic E-state index is 0.642. The second-order valence-electron chi connectivity index (χ2n) is 4.24. The number of fused-ring (bicyclic) bond motifs is 1. The summed E-state index contributed by atoms with van der Waals surface area (Å²) in [6.45, 7) is 2.08. The summed E-state index contributed by atoms with van der Waals surface area (Å²) in [6.07, 6.45) is 0. The van der Waals surface area contributed by atoms with Gasteiger partial charge >= 0.3 is 0 Å². The summed E-state index contributed by atoms with van der Waals surface area (Å²) in [6, 6.07) is 9.92. The summed E-state index contributed by atoms with van der Waals surface area (Å²) < 4.78 is 0.